The van der Waals surface area contributed by atoms with Gasteiger partial charge in [0.25, 0.3) is 10.0 Å². The monoisotopic (exact) mass is 347 g/mol. The van der Waals surface area contributed by atoms with Crippen LogP contribution in [-0.4, -0.2) is 31.7 Å². The molecule has 1 N–H and O–H groups in total. The lowest BCUT2D eigenvalue weighted by Gasteiger charge is -2.14. The van der Waals surface area contributed by atoms with Gasteiger partial charge in [-0.2, -0.15) is 4.31 Å². The Morgan fingerprint density at radius 1 is 1.48 bits per heavy atom. The quantitative estimate of drug-likeness (QED) is 0.640. The molecule has 0 saturated heterocycles. The molecular formula is C11H13N3O4S3. The summed E-state index contributed by atoms with van der Waals surface area (Å²) in [6, 6.07) is 4.78. The molecule has 0 amide bonds. The third kappa shape index (κ3) is 3.23. The van der Waals surface area contributed by atoms with Crippen molar-refractivity contribution < 1.29 is 13.3 Å². The third-order valence-corrected chi connectivity index (χ3v) is 6.99. The number of thiophene rings is 2. The van der Waals surface area contributed by atoms with Gasteiger partial charge in [0.2, 0.25) is 0 Å². The number of rotatable bonds is 6. The van der Waals surface area contributed by atoms with Crippen LogP contribution in [0.4, 0.5) is 10.7 Å². The number of nitro groups is 1. The van der Waals surface area contributed by atoms with Gasteiger partial charge in [0.05, 0.1) is 4.92 Å². The number of hydrogen-bond acceptors (Lipinski definition) is 7. The minimum atomic E-state index is -3.75. The van der Waals surface area contributed by atoms with Gasteiger partial charge in [0.15, 0.2) is 5.00 Å². The summed E-state index contributed by atoms with van der Waals surface area (Å²) < 4.78 is 26.1. The lowest BCUT2D eigenvalue weighted by Crippen LogP contribution is -2.25. The van der Waals surface area contributed by atoms with E-state index in [9.17, 15) is 18.5 Å². The summed E-state index contributed by atoms with van der Waals surface area (Å²) in [7, 11) is -0.770. The summed E-state index contributed by atoms with van der Waals surface area (Å²) in [6.45, 7) is 0.237. The van der Waals surface area contributed by atoms with Crippen LogP contribution in [-0.2, 0) is 16.6 Å². The molecule has 114 valence electrons. The second kappa shape index (κ2) is 6.10. The average molecular weight is 347 g/mol. The number of anilines is 1. The van der Waals surface area contributed by atoms with Crippen LogP contribution >= 0.6 is 22.7 Å². The van der Waals surface area contributed by atoms with Gasteiger partial charge in [-0.3, -0.25) is 10.1 Å². The van der Waals surface area contributed by atoms with E-state index in [1.54, 1.807) is 0 Å². The molecule has 0 atom stereocenters. The van der Waals surface area contributed by atoms with Crippen molar-refractivity contribution in [1.29, 1.82) is 0 Å². The van der Waals surface area contributed by atoms with E-state index in [0.29, 0.717) is 0 Å². The van der Waals surface area contributed by atoms with Gasteiger partial charge in [-0.1, -0.05) is 17.4 Å². The minimum absolute atomic E-state index is 0.0439. The number of hydrogen-bond donors (Lipinski definition) is 1. The summed E-state index contributed by atoms with van der Waals surface area (Å²) in [5, 5.41) is 15.7. The molecule has 0 spiro atoms. The van der Waals surface area contributed by atoms with Crippen molar-refractivity contribution in [2.45, 2.75) is 10.8 Å². The molecule has 2 aromatic rings. The van der Waals surface area contributed by atoms with Crippen LogP contribution < -0.4 is 5.32 Å². The zero-order chi connectivity index (χ0) is 15.6. The van der Waals surface area contributed by atoms with E-state index < -0.39 is 14.9 Å². The molecule has 2 aromatic heterocycles. The van der Waals surface area contributed by atoms with E-state index in [1.807, 2.05) is 17.5 Å². The lowest BCUT2D eigenvalue weighted by atomic mass is 10.5. The Kier molecular flexibility index (Phi) is 4.61. The molecular weight excluding hydrogens is 334 g/mol. The Bertz CT molecular complexity index is 737. The van der Waals surface area contributed by atoms with E-state index in [2.05, 4.69) is 5.32 Å². The van der Waals surface area contributed by atoms with Crippen molar-refractivity contribution in [1.82, 2.24) is 4.31 Å². The highest BCUT2D eigenvalue weighted by atomic mass is 32.2. The SMILES string of the molecule is CNc1sc(S(=O)(=O)N(C)Cc2cccs2)cc1[N+](=O)[O-]. The molecule has 0 radical (unpaired) electrons. The molecule has 2 heterocycles. The van der Waals surface area contributed by atoms with Gasteiger partial charge >= 0.3 is 5.69 Å². The van der Waals surface area contributed by atoms with Gasteiger partial charge in [0, 0.05) is 31.6 Å². The van der Waals surface area contributed by atoms with Gasteiger partial charge in [-0.05, 0) is 11.4 Å². The predicted molar refractivity (Wildman–Crippen MR) is 83.5 cm³/mol. The molecule has 0 aliphatic heterocycles. The minimum Gasteiger partial charge on any atom is -0.374 e. The van der Waals surface area contributed by atoms with Gasteiger partial charge < -0.3 is 5.32 Å². The van der Waals surface area contributed by atoms with Crippen LogP contribution in [0.15, 0.2) is 27.8 Å². The van der Waals surface area contributed by atoms with Crippen molar-refractivity contribution in [2.75, 3.05) is 19.4 Å². The number of nitrogens with one attached hydrogen (secondary N) is 1. The molecule has 21 heavy (non-hydrogen) atoms. The Labute approximate surface area is 130 Å². The Hall–Kier alpha value is -1.49. The average Bonchev–Trinajstić information content (AvgIpc) is 3.06. The van der Waals surface area contributed by atoms with Crippen LogP contribution in [0.2, 0.25) is 0 Å². The first kappa shape index (κ1) is 15.9. The molecule has 10 heteroatoms. The van der Waals surface area contributed by atoms with E-state index in [1.165, 1.54) is 29.7 Å². The van der Waals surface area contributed by atoms with Gasteiger partial charge in [-0.15, -0.1) is 11.3 Å². The van der Waals surface area contributed by atoms with Crippen LogP contribution in [0.3, 0.4) is 0 Å². The molecule has 0 fully saturated rings. The standard InChI is InChI=1S/C11H13N3O4S3/c1-12-11-9(14(15)16)6-10(20-11)21(17,18)13(2)7-8-4-3-5-19-8/h3-6,12H,7H2,1-2H3. The highest BCUT2D eigenvalue weighted by molar-refractivity contribution is 7.91. The summed E-state index contributed by atoms with van der Waals surface area (Å²) in [6.07, 6.45) is 0. The Morgan fingerprint density at radius 3 is 2.67 bits per heavy atom. The molecule has 2 rings (SSSR count). The van der Waals surface area contributed by atoms with Crippen molar-refractivity contribution in [2.24, 2.45) is 0 Å². The fourth-order valence-electron chi connectivity index (χ4n) is 1.66. The van der Waals surface area contributed by atoms with Crippen LogP contribution in [0.1, 0.15) is 4.88 Å². The number of nitrogens with zero attached hydrogens (tertiary/aromatic N) is 2. The first-order valence-corrected chi connectivity index (χ1v) is 8.94. The predicted octanol–water partition coefficient (Wildman–Crippen LogP) is 2.58. The molecule has 0 unspecified atom stereocenters. The maximum absolute atomic E-state index is 12.5. The zero-order valence-electron chi connectivity index (χ0n) is 11.3. The summed E-state index contributed by atoms with van der Waals surface area (Å²) in [5.74, 6) is 0. The second-order valence-electron chi connectivity index (χ2n) is 4.13. The fourth-order valence-corrected chi connectivity index (χ4v) is 5.14. The lowest BCUT2D eigenvalue weighted by molar-refractivity contribution is -0.383. The summed E-state index contributed by atoms with van der Waals surface area (Å²) in [4.78, 5) is 11.2. The van der Waals surface area contributed by atoms with Gasteiger partial charge in [-0.25, -0.2) is 8.42 Å². The van der Waals surface area contributed by atoms with E-state index >= 15 is 0 Å². The highest BCUT2D eigenvalue weighted by Crippen LogP contribution is 2.37. The van der Waals surface area contributed by atoms with Crippen molar-refractivity contribution in [3.05, 3.63) is 38.6 Å². The maximum atomic E-state index is 12.5. The van der Waals surface area contributed by atoms with Crippen LogP contribution in [0.5, 0.6) is 0 Å². The van der Waals surface area contributed by atoms with E-state index in [-0.39, 0.29) is 21.4 Å². The van der Waals surface area contributed by atoms with E-state index in [0.717, 1.165) is 22.3 Å². The fraction of sp³-hybridized carbons (Fsp3) is 0.273. The smallest absolute Gasteiger partial charge is 0.304 e. The van der Waals surface area contributed by atoms with Crippen molar-refractivity contribution in [3.8, 4) is 0 Å². The Morgan fingerprint density at radius 2 is 2.19 bits per heavy atom. The molecule has 0 aliphatic rings. The van der Waals surface area contributed by atoms with Crippen molar-refractivity contribution in [3.63, 3.8) is 0 Å². The summed E-state index contributed by atoms with van der Waals surface area (Å²) in [5.41, 5.74) is -0.231. The summed E-state index contributed by atoms with van der Waals surface area (Å²) >= 11 is 2.31. The molecule has 0 aliphatic carbocycles. The normalized spacial score (nSPS) is 11.8. The first-order valence-electron chi connectivity index (χ1n) is 5.81. The number of sulfonamides is 1. The zero-order valence-corrected chi connectivity index (χ0v) is 13.7. The molecule has 0 bridgehead atoms. The Balaban J connectivity index is 2.33. The maximum Gasteiger partial charge on any atom is 0.304 e. The molecule has 0 aromatic carbocycles. The molecule has 0 saturated carbocycles. The largest absolute Gasteiger partial charge is 0.374 e. The third-order valence-electron chi connectivity index (χ3n) is 2.74. The molecule has 7 nitrogen and oxygen atoms in total. The van der Waals surface area contributed by atoms with E-state index in [4.69, 9.17) is 0 Å². The second-order valence-corrected chi connectivity index (χ2v) is 8.48. The first-order chi connectivity index (χ1) is 9.86. The van der Waals surface area contributed by atoms with Crippen molar-refractivity contribution >= 4 is 43.4 Å². The van der Waals surface area contributed by atoms with Crippen LogP contribution in [0, 0.1) is 10.1 Å². The van der Waals surface area contributed by atoms with Crippen LogP contribution in [0.25, 0.3) is 0 Å². The highest BCUT2D eigenvalue weighted by Gasteiger charge is 2.29. The van der Waals surface area contributed by atoms with Gasteiger partial charge in [0.1, 0.15) is 4.21 Å². The topological polar surface area (TPSA) is 92.6 Å².